The van der Waals surface area contributed by atoms with Crippen LogP contribution in [0.1, 0.15) is 36.8 Å². The summed E-state index contributed by atoms with van der Waals surface area (Å²) in [5, 5.41) is 0.682. The quantitative estimate of drug-likeness (QED) is 0.729. The number of allylic oxidation sites excluding steroid dienone is 1. The highest BCUT2D eigenvalue weighted by atomic mass is 35.5. The molecule has 1 aromatic rings. The minimum absolute atomic E-state index is 0.274. The second kappa shape index (κ2) is 5.11. The average Bonchev–Trinajstić information content (AvgIpc) is 2.38. The summed E-state index contributed by atoms with van der Waals surface area (Å²) < 4.78 is 0. The van der Waals surface area contributed by atoms with E-state index in [0.717, 1.165) is 24.0 Å². The Morgan fingerprint density at radius 3 is 2.72 bits per heavy atom. The molecule has 0 aromatic heterocycles. The number of halogens is 1. The van der Waals surface area contributed by atoms with Gasteiger partial charge in [-0.15, -0.1) is 6.58 Å². The van der Waals surface area contributed by atoms with Crippen molar-refractivity contribution in [3.8, 4) is 0 Å². The summed E-state index contributed by atoms with van der Waals surface area (Å²) >= 11 is 6.21. The lowest BCUT2D eigenvalue weighted by Gasteiger charge is -2.35. The Hall–Kier alpha value is -1.34. The zero-order chi connectivity index (χ0) is 13.2. The third kappa shape index (κ3) is 2.15. The number of benzene rings is 1. The third-order valence-electron chi connectivity index (χ3n) is 3.78. The molecule has 1 atom stereocenters. The van der Waals surface area contributed by atoms with E-state index >= 15 is 0 Å². The Kier molecular flexibility index (Phi) is 3.72. The second-order valence-electron chi connectivity index (χ2n) is 4.83. The van der Waals surface area contributed by atoms with Gasteiger partial charge >= 0.3 is 0 Å². The van der Waals surface area contributed by atoms with Crippen molar-refractivity contribution >= 4 is 23.5 Å². The molecule has 0 spiro atoms. The summed E-state index contributed by atoms with van der Waals surface area (Å²) in [6.07, 6.45) is 6.74. The summed E-state index contributed by atoms with van der Waals surface area (Å²) in [7, 11) is 0. The van der Waals surface area contributed by atoms with Crippen LogP contribution < -0.4 is 0 Å². The smallest absolute Gasteiger partial charge is 0.134 e. The van der Waals surface area contributed by atoms with Gasteiger partial charge in [0, 0.05) is 23.3 Å². The molecule has 2 rings (SSSR count). The minimum Gasteiger partial charge on any atom is -0.300 e. The van der Waals surface area contributed by atoms with E-state index in [-0.39, 0.29) is 5.41 Å². The predicted molar refractivity (Wildman–Crippen MR) is 76.9 cm³/mol. The molecule has 1 saturated carbocycles. The van der Waals surface area contributed by atoms with Crippen molar-refractivity contribution in [2.45, 2.75) is 31.1 Å². The molecule has 1 aliphatic rings. The van der Waals surface area contributed by atoms with Crippen LogP contribution in [0.15, 0.2) is 37.4 Å². The molecule has 0 saturated heterocycles. The number of Topliss-reactive ketones (excluding diaryl/α,β-unsaturated/α-hetero) is 1. The van der Waals surface area contributed by atoms with E-state index in [1.165, 1.54) is 0 Å². The van der Waals surface area contributed by atoms with Crippen LogP contribution in [0.25, 0.3) is 6.08 Å². The Balaban J connectivity index is 2.57. The number of carbonyl (C=O) groups is 1. The van der Waals surface area contributed by atoms with E-state index in [4.69, 9.17) is 11.6 Å². The first-order chi connectivity index (χ1) is 8.63. The monoisotopic (exact) mass is 260 g/mol. The molecule has 1 fully saturated rings. The molecular weight excluding hydrogens is 244 g/mol. The van der Waals surface area contributed by atoms with Gasteiger partial charge in [0.15, 0.2) is 0 Å². The molecule has 18 heavy (non-hydrogen) atoms. The molecule has 1 aromatic carbocycles. The van der Waals surface area contributed by atoms with E-state index in [1.54, 1.807) is 6.08 Å². The number of rotatable bonds is 3. The van der Waals surface area contributed by atoms with Crippen molar-refractivity contribution in [3.05, 3.63) is 53.6 Å². The van der Waals surface area contributed by atoms with E-state index in [9.17, 15) is 4.79 Å². The van der Waals surface area contributed by atoms with Gasteiger partial charge in [-0.1, -0.05) is 42.5 Å². The molecule has 0 heterocycles. The van der Waals surface area contributed by atoms with Gasteiger partial charge in [0.25, 0.3) is 0 Å². The van der Waals surface area contributed by atoms with Crippen LogP contribution in [0, 0.1) is 0 Å². The largest absolute Gasteiger partial charge is 0.300 e. The van der Waals surface area contributed by atoms with Gasteiger partial charge in [0.1, 0.15) is 5.78 Å². The highest BCUT2D eigenvalue weighted by molar-refractivity contribution is 6.32. The summed E-state index contributed by atoms with van der Waals surface area (Å²) in [5.74, 6) is 0.302. The molecule has 1 unspecified atom stereocenters. The molecule has 0 radical (unpaired) electrons. The summed E-state index contributed by atoms with van der Waals surface area (Å²) in [6.45, 7) is 7.77. The summed E-state index contributed by atoms with van der Waals surface area (Å²) in [5.41, 5.74) is 1.73. The number of ketones is 1. The lowest BCUT2D eigenvalue weighted by atomic mass is 9.68. The molecule has 0 N–H and O–H groups in total. The van der Waals surface area contributed by atoms with E-state index in [2.05, 4.69) is 13.2 Å². The molecule has 0 bridgehead atoms. The topological polar surface area (TPSA) is 17.1 Å². The van der Waals surface area contributed by atoms with Crippen molar-refractivity contribution in [1.29, 1.82) is 0 Å². The van der Waals surface area contributed by atoms with Crippen molar-refractivity contribution in [1.82, 2.24) is 0 Å². The maximum Gasteiger partial charge on any atom is 0.134 e. The van der Waals surface area contributed by atoms with Crippen LogP contribution >= 0.6 is 11.6 Å². The van der Waals surface area contributed by atoms with Crippen LogP contribution in [0.2, 0.25) is 5.02 Å². The third-order valence-corrected chi connectivity index (χ3v) is 4.10. The van der Waals surface area contributed by atoms with Gasteiger partial charge in [-0.3, -0.25) is 4.79 Å². The maximum absolute atomic E-state index is 11.8. The fourth-order valence-electron chi connectivity index (χ4n) is 2.82. The van der Waals surface area contributed by atoms with Gasteiger partial charge in [0.2, 0.25) is 0 Å². The van der Waals surface area contributed by atoms with Gasteiger partial charge in [-0.2, -0.15) is 0 Å². The maximum atomic E-state index is 11.8. The van der Waals surface area contributed by atoms with Crippen molar-refractivity contribution in [2.75, 3.05) is 0 Å². The van der Waals surface area contributed by atoms with Crippen LogP contribution in [-0.4, -0.2) is 5.78 Å². The van der Waals surface area contributed by atoms with Gasteiger partial charge in [-0.05, 0) is 30.0 Å². The standard InChI is InChI=1S/C16H17ClO/c1-3-13-14(8-5-9-15(13)17)16(4-2)10-6-7-12(18)11-16/h3-5,8-9H,1-2,6-7,10-11H2. The summed E-state index contributed by atoms with van der Waals surface area (Å²) in [6, 6.07) is 5.81. The normalized spacial score (nSPS) is 23.7. The van der Waals surface area contributed by atoms with Crippen LogP contribution in [0.4, 0.5) is 0 Å². The molecule has 0 aliphatic heterocycles. The highest BCUT2D eigenvalue weighted by Gasteiger charge is 2.36. The van der Waals surface area contributed by atoms with Crippen LogP contribution in [0.5, 0.6) is 0 Å². The zero-order valence-electron chi connectivity index (χ0n) is 10.4. The molecule has 94 valence electrons. The van der Waals surface area contributed by atoms with E-state index < -0.39 is 0 Å². The van der Waals surface area contributed by atoms with Crippen molar-refractivity contribution in [2.24, 2.45) is 0 Å². The van der Waals surface area contributed by atoms with E-state index in [0.29, 0.717) is 23.6 Å². The predicted octanol–water partition coefficient (Wildman–Crippen LogP) is 4.55. The highest BCUT2D eigenvalue weighted by Crippen LogP contribution is 2.42. The first-order valence-corrected chi connectivity index (χ1v) is 6.57. The summed E-state index contributed by atoms with van der Waals surface area (Å²) in [4.78, 5) is 11.8. The number of hydrogen-bond donors (Lipinski definition) is 0. The minimum atomic E-state index is -0.274. The average molecular weight is 261 g/mol. The van der Waals surface area contributed by atoms with Crippen molar-refractivity contribution < 1.29 is 4.79 Å². The Morgan fingerprint density at radius 2 is 2.11 bits per heavy atom. The molecular formula is C16H17ClO. The fraction of sp³-hybridized carbons (Fsp3) is 0.312. The lowest BCUT2D eigenvalue weighted by molar-refractivity contribution is -0.121. The molecule has 2 heteroatoms. The molecule has 0 amide bonds. The van der Waals surface area contributed by atoms with Crippen molar-refractivity contribution in [3.63, 3.8) is 0 Å². The molecule has 1 nitrogen and oxygen atoms in total. The van der Waals surface area contributed by atoms with Crippen LogP contribution in [-0.2, 0) is 10.2 Å². The Morgan fingerprint density at radius 1 is 1.33 bits per heavy atom. The first-order valence-electron chi connectivity index (χ1n) is 6.20. The fourth-order valence-corrected chi connectivity index (χ4v) is 3.07. The lowest BCUT2D eigenvalue weighted by Crippen LogP contribution is -2.31. The van der Waals surface area contributed by atoms with Crippen LogP contribution in [0.3, 0.4) is 0 Å². The zero-order valence-corrected chi connectivity index (χ0v) is 11.2. The number of hydrogen-bond acceptors (Lipinski definition) is 1. The Labute approximate surface area is 113 Å². The Bertz CT molecular complexity index is 504. The van der Waals surface area contributed by atoms with E-state index in [1.807, 2.05) is 24.3 Å². The molecule has 1 aliphatic carbocycles. The first kappa shape index (κ1) is 13.1. The van der Waals surface area contributed by atoms with Gasteiger partial charge in [-0.25, -0.2) is 0 Å². The van der Waals surface area contributed by atoms with Gasteiger partial charge in [0.05, 0.1) is 0 Å². The SMILES string of the molecule is C=Cc1c(Cl)cccc1C1(C=C)CCCC(=O)C1. The van der Waals surface area contributed by atoms with Gasteiger partial charge < -0.3 is 0 Å². The number of carbonyl (C=O) groups excluding carboxylic acids is 1. The second-order valence-corrected chi connectivity index (χ2v) is 5.24.